The topological polar surface area (TPSA) is 51.0 Å². The zero-order valence-corrected chi connectivity index (χ0v) is 12.9. The lowest BCUT2D eigenvalue weighted by molar-refractivity contribution is 0.269. The zero-order valence-electron chi connectivity index (χ0n) is 12.2. The molecule has 4 nitrogen and oxygen atoms in total. The molecule has 0 bridgehead atoms. The number of hydrogen-bond donors (Lipinski definition) is 1. The molecule has 3 rings (SSSR count). The van der Waals surface area contributed by atoms with Gasteiger partial charge in [0.25, 0.3) is 0 Å². The summed E-state index contributed by atoms with van der Waals surface area (Å²) in [6.45, 7) is 0. The van der Waals surface area contributed by atoms with Crippen LogP contribution in [0.1, 0.15) is 48.9 Å². The van der Waals surface area contributed by atoms with Crippen LogP contribution in [0.3, 0.4) is 0 Å². The number of rotatable bonds is 4. The Morgan fingerprint density at radius 1 is 1.29 bits per heavy atom. The van der Waals surface area contributed by atoms with Gasteiger partial charge < -0.3 is 9.84 Å². The lowest BCUT2D eigenvalue weighted by Crippen LogP contribution is -2.34. The third-order valence-electron chi connectivity index (χ3n) is 4.24. The molecule has 0 spiro atoms. The minimum absolute atomic E-state index is 0.330. The first-order valence-corrected chi connectivity index (χ1v) is 7.89. The van der Waals surface area contributed by atoms with E-state index in [1.165, 1.54) is 19.3 Å². The normalized spacial score (nSPS) is 22.4. The number of halogens is 1. The maximum absolute atomic E-state index is 6.18. The molecule has 1 saturated carbocycles. The molecule has 112 valence electrons. The van der Waals surface area contributed by atoms with Crippen molar-refractivity contribution in [3.8, 4) is 0 Å². The minimum Gasteiger partial charge on any atom is -0.339 e. The molecular weight excluding hydrogens is 286 g/mol. The van der Waals surface area contributed by atoms with Gasteiger partial charge in [0.15, 0.2) is 5.82 Å². The summed E-state index contributed by atoms with van der Waals surface area (Å²) in [6.07, 6.45) is 5.39. The number of aromatic nitrogens is 2. The van der Waals surface area contributed by atoms with Crippen LogP contribution in [-0.2, 0) is 6.42 Å². The number of hydrogen-bond acceptors (Lipinski definition) is 4. The van der Waals surface area contributed by atoms with E-state index in [0.717, 1.165) is 22.9 Å². The third kappa shape index (κ3) is 3.27. The van der Waals surface area contributed by atoms with E-state index in [1.54, 1.807) is 0 Å². The van der Waals surface area contributed by atoms with E-state index < -0.39 is 0 Å². The van der Waals surface area contributed by atoms with Crippen molar-refractivity contribution in [2.75, 3.05) is 7.05 Å². The molecule has 2 unspecified atom stereocenters. The maximum atomic E-state index is 6.18. The number of likely N-dealkylation sites (N-methyl/N-ethyl adjacent to an activating group) is 1. The van der Waals surface area contributed by atoms with Gasteiger partial charge in [-0.1, -0.05) is 47.8 Å². The molecule has 1 aliphatic rings. The standard InChI is InChI=1S/C16H20ClN3O/c1-18-14-9-5-3-7-12(14)16-19-15(20-21-16)10-11-6-2-4-8-13(11)17/h2,4,6,8,12,14,18H,3,5,7,9-10H2,1H3. The average Bonchev–Trinajstić information content (AvgIpc) is 2.98. The van der Waals surface area contributed by atoms with Crippen molar-refractivity contribution in [1.29, 1.82) is 0 Å². The molecule has 1 N–H and O–H groups in total. The molecule has 5 heteroatoms. The molecule has 1 aliphatic carbocycles. The number of benzene rings is 1. The summed E-state index contributed by atoms with van der Waals surface area (Å²) < 4.78 is 5.50. The molecule has 0 aliphatic heterocycles. The van der Waals surface area contributed by atoms with Crippen LogP contribution in [0.25, 0.3) is 0 Å². The van der Waals surface area contributed by atoms with Gasteiger partial charge in [0, 0.05) is 17.5 Å². The molecule has 2 aromatic rings. The Bertz CT molecular complexity index is 599. The summed E-state index contributed by atoms with van der Waals surface area (Å²) in [7, 11) is 2.00. The predicted octanol–water partition coefficient (Wildman–Crippen LogP) is 3.56. The quantitative estimate of drug-likeness (QED) is 0.938. The molecule has 1 fully saturated rings. The zero-order chi connectivity index (χ0) is 14.7. The smallest absolute Gasteiger partial charge is 0.231 e. The summed E-state index contributed by atoms with van der Waals surface area (Å²) in [4.78, 5) is 4.59. The van der Waals surface area contributed by atoms with E-state index in [4.69, 9.17) is 16.1 Å². The summed E-state index contributed by atoms with van der Waals surface area (Å²) in [5.74, 6) is 1.80. The fourth-order valence-electron chi connectivity index (χ4n) is 3.07. The molecule has 1 aromatic heterocycles. The van der Waals surface area contributed by atoms with E-state index in [9.17, 15) is 0 Å². The lowest BCUT2D eigenvalue weighted by atomic mass is 9.84. The SMILES string of the molecule is CNC1CCCCC1c1nc(Cc2ccccc2Cl)no1. The van der Waals surface area contributed by atoms with E-state index in [0.29, 0.717) is 24.2 Å². The van der Waals surface area contributed by atoms with Crippen molar-refractivity contribution in [3.05, 3.63) is 46.6 Å². The summed E-state index contributed by atoms with van der Waals surface area (Å²) in [5, 5.41) is 8.24. The van der Waals surface area contributed by atoms with E-state index in [1.807, 2.05) is 31.3 Å². The van der Waals surface area contributed by atoms with Crippen LogP contribution in [-0.4, -0.2) is 23.2 Å². The largest absolute Gasteiger partial charge is 0.339 e. The summed E-state index contributed by atoms with van der Waals surface area (Å²) in [5.41, 5.74) is 1.03. The summed E-state index contributed by atoms with van der Waals surface area (Å²) >= 11 is 6.18. The second kappa shape index (κ2) is 6.58. The molecular formula is C16H20ClN3O. The van der Waals surface area contributed by atoms with E-state index in [-0.39, 0.29) is 0 Å². The van der Waals surface area contributed by atoms with Gasteiger partial charge in [0.05, 0.1) is 5.92 Å². The van der Waals surface area contributed by atoms with Crippen molar-refractivity contribution < 1.29 is 4.52 Å². The highest BCUT2D eigenvalue weighted by Crippen LogP contribution is 2.32. The first-order chi connectivity index (χ1) is 10.3. The van der Waals surface area contributed by atoms with Crippen molar-refractivity contribution in [3.63, 3.8) is 0 Å². The van der Waals surface area contributed by atoms with Gasteiger partial charge >= 0.3 is 0 Å². The molecule has 0 amide bonds. The van der Waals surface area contributed by atoms with Crippen molar-refractivity contribution in [2.24, 2.45) is 0 Å². The van der Waals surface area contributed by atoms with Gasteiger partial charge in [-0.05, 0) is 31.5 Å². The lowest BCUT2D eigenvalue weighted by Gasteiger charge is -2.28. The molecule has 0 saturated heterocycles. The molecule has 0 radical (unpaired) electrons. The highest BCUT2D eigenvalue weighted by atomic mass is 35.5. The predicted molar refractivity (Wildman–Crippen MR) is 82.6 cm³/mol. The van der Waals surface area contributed by atoms with Gasteiger partial charge in [-0.25, -0.2) is 0 Å². The van der Waals surface area contributed by atoms with Crippen molar-refractivity contribution in [2.45, 2.75) is 44.1 Å². The van der Waals surface area contributed by atoms with Crippen LogP contribution in [0.15, 0.2) is 28.8 Å². The monoisotopic (exact) mass is 305 g/mol. The van der Waals surface area contributed by atoms with Gasteiger partial charge in [-0.3, -0.25) is 0 Å². The Kier molecular flexibility index (Phi) is 4.56. The second-order valence-electron chi connectivity index (χ2n) is 5.60. The van der Waals surface area contributed by atoms with Crippen molar-refractivity contribution >= 4 is 11.6 Å². The maximum Gasteiger partial charge on any atom is 0.231 e. The number of nitrogens with zero attached hydrogens (tertiary/aromatic N) is 2. The Morgan fingerprint density at radius 2 is 2.10 bits per heavy atom. The molecule has 1 aromatic carbocycles. The highest BCUT2D eigenvalue weighted by molar-refractivity contribution is 6.31. The fourth-order valence-corrected chi connectivity index (χ4v) is 3.28. The van der Waals surface area contributed by atoms with Crippen LogP contribution >= 0.6 is 11.6 Å². The molecule has 21 heavy (non-hydrogen) atoms. The minimum atomic E-state index is 0.330. The Labute approximate surface area is 129 Å². The second-order valence-corrected chi connectivity index (χ2v) is 6.01. The molecule has 1 heterocycles. The first kappa shape index (κ1) is 14.5. The van der Waals surface area contributed by atoms with Gasteiger partial charge in [-0.15, -0.1) is 0 Å². The van der Waals surface area contributed by atoms with Gasteiger partial charge in [-0.2, -0.15) is 4.98 Å². The van der Waals surface area contributed by atoms with Gasteiger partial charge in [0.2, 0.25) is 5.89 Å². The third-order valence-corrected chi connectivity index (χ3v) is 4.61. The summed E-state index contributed by atoms with van der Waals surface area (Å²) in [6, 6.07) is 8.21. The van der Waals surface area contributed by atoms with Crippen LogP contribution in [0.5, 0.6) is 0 Å². The van der Waals surface area contributed by atoms with Crippen LogP contribution in [0.4, 0.5) is 0 Å². The number of nitrogens with one attached hydrogen (secondary N) is 1. The highest BCUT2D eigenvalue weighted by Gasteiger charge is 2.29. The molecule has 2 atom stereocenters. The average molecular weight is 306 g/mol. The van der Waals surface area contributed by atoms with Gasteiger partial charge in [0.1, 0.15) is 0 Å². The Hall–Kier alpha value is -1.39. The Balaban J connectivity index is 1.75. The first-order valence-electron chi connectivity index (χ1n) is 7.51. The van der Waals surface area contributed by atoms with E-state index >= 15 is 0 Å². The van der Waals surface area contributed by atoms with Crippen molar-refractivity contribution in [1.82, 2.24) is 15.5 Å². The fraction of sp³-hybridized carbons (Fsp3) is 0.500. The Morgan fingerprint density at radius 3 is 2.90 bits per heavy atom. The van der Waals surface area contributed by atoms with Crippen LogP contribution in [0, 0.1) is 0 Å². The van der Waals surface area contributed by atoms with E-state index in [2.05, 4.69) is 15.5 Å². The van der Waals surface area contributed by atoms with Crippen LogP contribution < -0.4 is 5.32 Å². The van der Waals surface area contributed by atoms with Crippen LogP contribution in [0.2, 0.25) is 5.02 Å².